The van der Waals surface area contributed by atoms with Crippen molar-refractivity contribution >= 4 is 40.7 Å². The summed E-state index contributed by atoms with van der Waals surface area (Å²) in [7, 11) is 0. The fourth-order valence-corrected chi connectivity index (χ4v) is 5.56. The van der Waals surface area contributed by atoms with Crippen LogP contribution in [0.3, 0.4) is 0 Å². The average molecular weight is 699 g/mol. The van der Waals surface area contributed by atoms with Gasteiger partial charge in [0, 0.05) is 42.5 Å². The summed E-state index contributed by atoms with van der Waals surface area (Å²) in [5, 5.41) is 21.1. The molecule has 270 valence electrons. The Bertz CT molecular complexity index is 1790. The summed E-state index contributed by atoms with van der Waals surface area (Å²) in [5.41, 5.74) is 8.39. The number of H-pyrrole nitrogens is 1. The molecule has 3 aromatic carbocycles. The number of nitrogens with two attached hydrogens (primary N) is 1. The van der Waals surface area contributed by atoms with E-state index in [1.807, 2.05) is 84.9 Å². The van der Waals surface area contributed by atoms with Crippen molar-refractivity contribution in [1.82, 2.24) is 26.3 Å². The number of hydrogen-bond donors (Lipinski definition) is 7. The molecule has 1 aromatic heterocycles. The standard InChI is InChI=1S/C38H46N6O7/c1-38(2,3)51-37(50)44-32(21-33(45)46)36(49)43-31(20-26-23-40-29-17-11-10-16-28(26)29)35(48)42-30(19-25-14-8-5-9-15-25)34(47)41-27(22-39)18-24-12-6-4-7-13-24/h4-17,23,27,30-32,40H,18-22,39H2,1-3H3,(H,41,47)(H,42,48)(H,43,49)(H,44,50)(H,45,46)/t27-,30+,31+,32-/m1/s1. The first-order chi connectivity index (χ1) is 24.3. The number of aliphatic carboxylic acids is 1. The van der Waals surface area contributed by atoms with Gasteiger partial charge in [0.1, 0.15) is 23.7 Å². The molecule has 1 heterocycles. The summed E-state index contributed by atoms with van der Waals surface area (Å²) in [6.07, 6.45) is 0.543. The number of aromatic nitrogens is 1. The highest BCUT2D eigenvalue weighted by Crippen LogP contribution is 2.20. The maximum atomic E-state index is 14.2. The molecular weight excluding hydrogens is 652 g/mol. The number of aromatic amines is 1. The van der Waals surface area contributed by atoms with Crippen LogP contribution in [0.2, 0.25) is 0 Å². The Morgan fingerprint density at radius 2 is 1.24 bits per heavy atom. The molecule has 0 aliphatic heterocycles. The lowest BCUT2D eigenvalue weighted by atomic mass is 10.0. The van der Waals surface area contributed by atoms with Gasteiger partial charge in [0.15, 0.2) is 0 Å². The van der Waals surface area contributed by atoms with Crippen LogP contribution in [-0.2, 0) is 43.2 Å². The van der Waals surface area contributed by atoms with E-state index in [4.69, 9.17) is 10.5 Å². The zero-order valence-electron chi connectivity index (χ0n) is 29.0. The lowest BCUT2D eigenvalue weighted by Gasteiger charge is -2.27. The number of rotatable bonds is 16. The molecule has 0 radical (unpaired) electrons. The summed E-state index contributed by atoms with van der Waals surface area (Å²) in [5.74, 6) is -3.43. The Morgan fingerprint density at radius 1 is 0.706 bits per heavy atom. The Kier molecular flexibility index (Phi) is 13.3. The van der Waals surface area contributed by atoms with Crippen molar-refractivity contribution in [3.63, 3.8) is 0 Å². The van der Waals surface area contributed by atoms with Crippen molar-refractivity contribution in [2.24, 2.45) is 5.73 Å². The lowest BCUT2D eigenvalue weighted by molar-refractivity contribution is -0.140. The molecule has 0 bridgehead atoms. The van der Waals surface area contributed by atoms with Crippen LogP contribution in [0.15, 0.2) is 91.1 Å². The fraction of sp³-hybridized carbons (Fsp3) is 0.342. The molecule has 4 aromatic rings. The number of carboxylic acid groups (broad SMARTS) is 1. The first kappa shape index (κ1) is 38.1. The third-order valence-electron chi connectivity index (χ3n) is 7.99. The first-order valence-electron chi connectivity index (χ1n) is 16.8. The second kappa shape index (κ2) is 17.8. The van der Waals surface area contributed by atoms with Gasteiger partial charge in [-0.2, -0.15) is 0 Å². The topological polar surface area (TPSA) is 205 Å². The molecule has 4 amide bonds. The zero-order valence-corrected chi connectivity index (χ0v) is 29.0. The SMILES string of the molecule is CC(C)(C)OC(=O)N[C@H](CC(=O)O)C(=O)N[C@@H](Cc1c[nH]c2ccccc12)C(=O)N[C@@H](Cc1ccccc1)C(=O)N[C@@H](CN)Cc1ccccc1. The van der Waals surface area contributed by atoms with Gasteiger partial charge in [0.2, 0.25) is 17.7 Å². The van der Waals surface area contributed by atoms with E-state index < -0.39 is 66.0 Å². The highest BCUT2D eigenvalue weighted by atomic mass is 16.6. The smallest absolute Gasteiger partial charge is 0.408 e. The number of para-hydroxylation sites is 1. The van der Waals surface area contributed by atoms with Crippen molar-refractivity contribution in [2.45, 2.75) is 76.2 Å². The third kappa shape index (κ3) is 12.0. The van der Waals surface area contributed by atoms with E-state index >= 15 is 0 Å². The van der Waals surface area contributed by atoms with Crippen LogP contribution in [0.1, 0.15) is 43.9 Å². The van der Waals surface area contributed by atoms with E-state index in [9.17, 15) is 29.1 Å². The maximum Gasteiger partial charge on any atom is 0.408 e. The number of nitrogens with one attached hydrogen (secondary N) is 5. The average Bonchev–Trinajstić information content (AvgIpc) is 3.49. The lowest BCUT2D eigenvalue weighted by Crippen LogP contribution is -2.59. The second-order valence-electron chi connectivity index (χ2n) is 13.3. The van der Waals surface area contributed by atoms with Gasteiger partial charge in [0.25, 0.3) is 0 Å². The minimum Gasteiger partial charge on any atom is -0.481 e. The first-order valence-corrected chi connectivity index (χ1v) is 16.8. The van der Waals surface area contributed by atoms with E-state index in [2.05, 4.69) is 26.3 Å². The minimum absolute atomic E-state index is 0.0209. The van der Waals surface area contributed by atoms with E-state index in [1.165, 1.54) is 0 Å². The number of fused-ring (bicyclic) bond motifs is 1. The minimum atomic E-state index is -1.57. The zero-order chi connectivity index (χ0) is 37.0. The van der Waals surface area contributed by atoms with Gasteiger partial charge in [-0.1, -0.05) is 78.9 Å². The Labute approximate surface area is 296 Å². The molecule has 0 aliphatic carbocycles. The van der Waals surface area contributed by atoms with Crippen molar-refractivity contribution in [2.75, 3.05) is 6.54 Å². The second-order valence-corrected chi connectivity index (χ2v) is 13.3. The van der Waals surface area contributed by atoms with Gasteiger partial charge in [-0.15, -0.1) is 0 Å². The molecular formula is C38H46N6O7. The molecule has 13 heteroatoms. The largest absolute Gasteiger partial charge is 0.481 e. The number of hydrogen-bond acceptors (Lipinski definition) is 7. The van der Waals surface area contributed by atoms with Crippen LogP contribution in [0, 0.1) is 0 Å². The molecule has 4 rings (SSSR count). The highest BCUT2D eigenvalue weighted by molar-refractivity contribution is 5.96. The molecule has 13 nitrogen and oxygen atoms in total. The van der Waals surface area contributed by atoms with Gasteiger partial charge in [-0.3, -0.25) is 19.2 Å². The van der Waals surface area contributed by atoms with Crippen LogP contribution in [0.4, 0.5) is 4.79 Å². The number of alkyl carbamates (subject to hydrolysis) is 1. The fourth-order valence-electron chi connectivity index (χ4n) is 5.56. The quantitative estimate of drug-likeness (QED) is 0.0925. The van der Waals surface area contributed by atoms with Gasteiger partial charge in [0.05, 0.1) is 6.42 Å². The van der Waals surface area contributed by atoms with Gasteiger partial charge in [-0.05, 0) is 49.9 Å². The molecule has 0 fully saturated rings. The molecule has 0 saturated carbocycles. The van der Waals surface area contributed by atoms with Crippen molar-refractivity contribution in [1.29, 1.82) is 0 Å². The molecule has 0 saturated heterocycles. The summed E-state index contributed by atoms with van der Waals surface area (Å²) in [6.45, 7) is 5.03. The summed E-state index contributed by atoms with van der Waals surface area (Å²) in [4.78, 5) is 69.1. The number of amides is 4. The molecule has 4 atom stereocenters. The number of carbonyl (C=O) groups excluding carboxylic acids is 4. The highest BCUT2D eigenvalue weighted by Gasteiger charge is 2.33. The Morgan fingerprint density at radius 3 is 1.82 bits per heavy atom. The van der Waals surface area contributed by atoms with Crippen LogP contribution in [0.25, 0.3) is 10.9 Å². The van der Waals surface area contributed by atoms with Gasteiger partial charge >= 0.3 is 12.1 Å². The van der Waals surface area contributed by atoms with Crippen LogP contribution in [-0.4, -0.2) is 76.2 Å². The Hall–Kier alpha value is -5.69. The predicted molar refractivity (Wildman–Crippen MR) is 193 cm³/mol. The van der Waals surface area contributed by atoms with E-state index in [0.29, 0.717) is 12.0 Å². The molecule has 0 spiro atoms. The van der Waals surface area contributed by atoms with Gasteiger partial charge in [-0.25, -0.2) is 4.79 Å². The van der Waals surface area contributed by atoms with Gasteiger partial charge < -0.3 is 41.8 Å². The van der Waals surface area contributed by atoms with Crippen molar-refractivity contribution in [3.8, 4) is 0 Å². The predicted octanol–water partition coefficient (Wildman–Crippen LogP) is 2.98. The van der Waals surface area contributed by atoms with E-state index in [1.54, 1.807) is 27.0 Å². The third-order valence-corrected chi connectivity index (χ3v) is 7.99. The molecule has 0 aliphatic rings. The summed E-state index contributed by atoms with van der Waals surface area (Å²) in [6, 6.07) is 21.8. The van der Waals surface area contributed by atoms with Crippen LogP contribution >= 0.6 is 0 Å². The molecule has 51 heavy (non-hydrogen) atoms. The number of ether oxygens (including phenoxy) is 1. The Balaban J connectivity index is 1.61. The van der Waals surface area contributed by atoms with Crippen molar-refractivity contribution in [3.05, 3.63) is 108 Å². The van der Waals surface area contributed by atoms with Crippen LogP contribution in [0.5, 0.6) is 0 Å². The monoisotopic (exact) mass is 698 g/mol. The molecule has 8 N–H and O–H groups in total. The summed E-state index contributed by atoms with van der Waals surface area (Å²) < 4.78 is 5.24. The normalized spacial score (nSPS) is 13.6. The van der Waals surface area contributed by atoms with E-state index in [0.717, 1.165) is 22.0 Å². The maximum absolute atomic E-state index is 14.2. The van der Waals surface area contributed by atoms with Crippen molar-refractivity contribution < 1.29 is 33.8 Å². The van der Waals surface area contributed by atoms with Crippen LogP contribution < -0.4 is 27.0 Å². The summed E-state index contributed by atoms with van der Waals surface area (Å²) >= 11 is 0. The number of carboxylic acids is 1. The van der Waals surface area contributed by atoms with E-state index in [-0.39, 0.29) is 19.4 Å². The molecule has 0 unspecified atom stereocenters. The number of carbonyl (C=O) groups is 5. The number of benzene rings is 3.